The number of halogens is 3. The van der Waals surface area contributed by atoms with Crippen LogP contribution in [0, 0.1) is 0 Å². The van der Waals surface area contributed by atoms with Crippen molar-refractivity contribution in [3.63, 3.8) is 0 Å². The Kier molecular flexibility index (Phi) is 6.39. The predicted molar refractivity (Wildman–Crippen MR) is 76.1 cm³/mol. The zero-order valence-corrected chi connectivity index (χ0v) is 14.3. The van der Waals surface area contributed by atoms with Crippen LogP contribution in [0.1, 0.15) is 19.4 Å². The summed E-state index contributed by atoms with van der Waals surface area (Å²) in [5, 5.41) is -0.386. The lowest BCUT2D eigenvalue weighted by Crippen LogP contribution is -2.19. The molecule has 1 rings (SSSR count). The Morgan fingerprint density at radius 1 is 1.13 bits per heavy atom. The van der Waals surface area contributed by atoms with Crippen LogP contribution in [-0.4, -0.2) is 28.7 Å². The maximum atomic E-state index is 13.2. The minimum Gasteiger partial charge on any atom is -0.305 e. The first-order chi connectivity index (χ1) is 10.5. The van der Waals surface area contributed by atoms with Crippen LogP contribution in [0.2, 0.25) is 0 Å². The van der Waals surface area contributed by atoms with Gasteiger partial charge in [0.05, 0.1) is 31.2 Å². The highest BCUT2D eigenvalue weighted by molar-refractivity contribution is 7.86. The number of hydrogen-bond donors (Lipinski definition) is 0. The van der Waals surface area contributed by atoms with E-state index < -0.39 is 34.3 Å². The molecule has 132 valence electrons. The second-order valence-corrected chi connectivity index (χ2v) is 7.84. The highest BCUT2D eigenvalue weighted by Gasteiger charge is 2.40. The molecule has 0 bridgehead atoms. The van der Waals surface area contributed by atoms with Crippen LogP contribution in [0.5, 0.6) is 0 Å². The minimum atomic E-state index is -5.00. The van der Waals surface area contributed by atoms with E-state index in [0.29, 0.717) is 12.1 Å². The van der Waals surface area contributed by atoms with Gasteiger partial charge in [-0.3, -0.25) is 8.75 Å². The van der Waals surface area contributed by atoms with Gasteiger partial charge in [0, 0.05) is 0 Å². The van der Waals surface area contributed by atoms with Crippen LogP contribution in [-0.2, 0) is 34.1 Å². The van der Waals surface area contributed by atoms with E-state index in [2.05, 4.69) is 4.18 Å². The molecule has 0 aliphatic carbocycles. The van der Waals surface area contributed by atoms with Gasteiger partial charge in [0.1, 0.15) is 4.90 Å². The molecule has 0 spiro atoms. The maximum absolute atomic E-state index is 13.2. The predicted octanol–water partition coefficient (Wildman–Crippen LogP) is 2.93. The molecule has 0 saturated carbocycles. The number of alkyl halides is 3. The molecule has 0 fully saturated rings. The van der Waals surface area contributed by atoms with Gasteiger partial charge in [0.15, 0.2) is 0 Å². The summed E-state index contributed by atoms with van der Waals surface area (Å²) in [6.07, 6.45) is -5.00. The number of benzene rings is 1. The SMILES string of the molecule is CCOP(=O)(OCC)c1ccc(S(=O)(=O)OC)c(C(F)(F)F)c1. The van der Waals surface area contributed by atoms with Crippen molar-refractivity contribution in [2.45, 2.75) is 24.9 Å². The average molecular weight is 376 g/mol. The largest absolute Gasteiger partial charge is 0.417 e. The van der Waals surface area contributed by atoms with Crippen molar-refractivity contribution in [2.75, 3.05) is 20.3 Å². The summed E-state index contributed by atoms with van der Waals surface area (Å²) >= 11 is 0. The van der Waals surface area contributed by atoms with E-state index in [1.54, 1.807) is 0 Å². The molecule has 0 saturated heterocycles. The monoisotopic (exact) mass is 376 g/mol. The molecule has 0 atom stereocenters. The number of hydrogen-bond acceptors (Lipinski definition) is 6. The van der Waals surface area contributed by atoms with E-state index in [1.807, 2.05) is 0 Å². The Morgan fingerprint density at radius 3 is 2.04 bits per heavy atom. The van der Waals surface area contributed by atoms with Crippen molar-refractivity contribution in [2.24, 2.45) is 0 Å². The zero-order chi connectivity index (χ0) is 17.9. The Bertz CT molecular complexity index is 691. The summed E-state index contributed by atoms with van der Waals surface area (Å²) in [4.78, 5) is -1.07. The molecule has 0 unspecified atom stereocenters. The van der Waals surface area contributed by atoms with Crippen molar-refractivity contribution in [3.05, 3.63) is 23.8 Å². The molecule has 11 heteroatoms. The highest BCUT2D eigenvalue weighted by Crippen LogP contribution is 2.48. The molecule has 23 heavy (non-hydrogen) atoms. The van der Waals surface area contributed by atoms with Gasteiger partial charge in [-0.05, 0) is 32.0 Å². The quantitative estimate of drug-likeness (QED) is 0.538. The van der Waals surface area contributed by atoms with Crippen molar-refractivity contribution >= 4 is 23.0 Å². The molecule has 0 heterocycles. The molecular weight excluding hydrogens is 360 g/mol. The third kappa shape index (κ3) is 4.54. The van der Waals surface area contributed by atoms with Gasteiger partial charge in [0.2, 0.25) is 0 Å². The summed E-state index contributed by atoms with van der Waals surface area (Å²) in [5.74, 6) is 0. The van der Waals surface area contributed by atoms with E-state index in [-0.39, 0.29) is 18.5 Å². The second-order valence-electron chi connectivity index (χ2n) is 4.13. The summed E-state index contributed by atoms with van der Waals surface area (Å²) in [6, 6.07) is 2.06. The fourth-order valence-electron chi connectivity index (χ4n) is 1.74. The maximum Gasteiger partial charge on any atom is 0.417 e. The average Bonchev–Trinajstić information content (AvgIpc) is 2.46. The summed E-state index contributed by atoms with van der Waals surface area (Å²) < 4.78 is 89.3. The molecule has 0 N–H and O–H groups in total. The van der Waals surface area contributed by atoms with Crippen molar-refractivity contribution in [1.29, 1.82) is 0 Å². The second kappa shape index (κ2) is 7.31. The van der Waals surface area contributed by atoms with Crippen LogP contribution in [0.15, 0.2) is 23.1 Å². The molecule has 0 amide bonds. The summed E-state index contributed by atoms with van der Waals surface area (Å²) in [7, 11) is -7.83. The fourth-order valence-corrected chi connectivity index (χ4v) is 4.20. The molecule has 0 radical (unpaired) electrons. The summed E-state index contributed by atoms with van der Waals surface area (Å²) in [5.41, 5.74) is -1.50. The highest BCUT2D eigenvalue weighted by atomic mass is 32.2. The van der Waals surface area contributed by atoms with Crippen LogP contribution in [0.4, 0.5) is 13.2 Å². The molecule has 0 aliphatic rings. The van der Waals surface area contributed by atoms with Crippen LogP contribution < -0.4 is 5.30 Å². The van der Waals surface area contributed by atoms with Gasteiger partial charge in [-0.25, -0.2) is 0 Å². The first kappa shape index (κ1) is 20.1. The van der Waals surface area contributed by atoms with Crippen molar-refractivity contribution < 1.29 is 39.4 Å². The van der Waals surface area contributed by atoms with Gasteiger partial charge in [-0.2, -0.15) is 21.6 Å². The molecule has 1 aromatic rings. The molecule has 0 aliphatic heterocycles. The van der Waals surface area contributed by atoms with E-state index in [9.17, 15) is 26.2 Å². The van der Waals surface area contributed by atoms with E-state index in [4.69, 9.17) is 9.05 Å². The van der Waals surface area contributed by atoms with Gasteiger partial charge in [-0.15, -0.1) is 0 Å². The molecule has 0 aromatic heterocycles. The van der Waals surface area contributed by atoms with Crippen LogP contribution >= 0.6 is 7.60 Å². The third-order valence-electron chi connectivity index (χ3n) is 2.67. The van der Waals surface area contributed by atoms with Crippen molar-refractivity contribution in [3.8, 4) is 0 Å². The summed E-state index contributed by atoms with van der Waals surface area (Å²) in [6.45, 7) is 2.88. The van der Waals surface area contributed by atoms with E-state index >= 15 is 0 Å². The normalized spacial score (nSPS) is 13.3. The van der Waals surface area contributed by atoms with Crippen LogP contribution in [0.3, 0.4) is 0 Å². The Hall–Kier alpha value is -0.930. The van der Waals surface area contributed by atoms with E-state index in [1.165, 1.54) is 13.8 Å². The lowest BCUT2D eigenvalue weighted by molar-refractivity contribution is -0.139. The first-order valence-corrected chi connectivity index (χ1v) is 9.38. The molecule has 1 aromatic carbocycles. The standard InChI is InChI=1S/C12H16F3O6PS/c1-4-20-22(16,21-5-2)9-6-7-11(23(17,18)19-3)10(8-9)12(13,14)15/h6-8H,4-5H2,1-3H3. The Balaban J connectivity index is 3.61. The fraction of sp³-hybridized carbons (Fsp3) is 0.500. The topological polar surface area (TPSA) is 78.9 Å². The molecule has 6 nitrogen and oxygen atoms in total. The zero-order valence-electron chi connectivity index (χ0n) is 12.6. The third-order valence-corrected chi connectivity index (χ3v) is 6.11. The molecular formula is C12H16F3O6PS. The number of rotatable bonds is 7. The van der Waals surface area contributed by atoms with Gasteiger partial charge in [-0.1, -0.05) is 0 Å². The lowest BCUT2D eigenvalue weighted by Gasteiger charge is -2.19. The Morgan fingerprint density at radius 2 is 1.65 bits per heavy atom. The van der Waals surface area contributed by atoms with Crippen molar-refractivity contribution in [1.82, 2.24) is 0 Å². The Labute approximate surface area is 132 Å². The van der Waals surface area contributed by atoms with E-state index in [0.717, 1.165) is 13.2 Å². The van der Waals surface area contributed by atoms with Gasteiger partial charge < -0.3 is 9.05 Å². The van der Waals surface area contributed by atoms with Gasteiger partial charge in [0.25, 0.3) is 10.1 Å². The smallest absolute Gasteiger partial charge is 0.305 e. The minimum absolute atomic E-state index is 0.0588. The first-order valence-electron chi connectivity index (χ1n) is 6.43. The lowest BCUT2D eigenvalue weighted by atomic mass is 10.2. The van der Waals surface area contributed by atoms with Gasteiger partial charge >= 0.3 is 13.8 Å². The van der Waals surface area contributed by atoms with Crippen LogP contribution in [0.25, 0.3) is 0 Å².